The molecule has 0 spiro atoms. The van der Waals surface area contributed by atoms with Crippen LogP contribution in [0.5, 0.6) is 0 Å². The largest absolute Gasteiger partial charge is 0.339 e. The number of likely N-dealkylation sites (tertiary alicyclic amines) is 1. The molecule has 86 valence electrons. The van der Waals surface area contributed by atoms with Gasteiger partial charge in [0.15, 0.2) is 0 Å². The zero-order valence-electron chi connectivity index (χ0n) is 9.29. The molecule has 1 saturated heterocycles. The summed E-state index contributed by atoms with van der Waals surface area (Å²) >= 11 is 0. The molecule has 0 atom stereocenters. The molecule has 1 heterocycles. The van der Waals surface area contributed by atoms with E-state index in [9.17, 15) is 9.18 Å². The average Bonchev–Trinajstić information content (AvgIpc) is 2.57. The number of halogens is 1. The van der Waals surface area contributed by atoms with Crippen molar-refractivity contribution in [1.82, 2.24) is 4.90 Å². The van der Waals surface area contributed by atoms with Gasteiger partial charge in [0.2, 0.25) is 0 Å². The minimum Gasteiger partial charge on any atom is -0.339 e. The van der Waals surface area contributed by atoms with Gasteiger partial charge in [0.05, 0.1) is 5.56 Å². The molecular formula is C13H16FNO. The maximum atomic E-state index is 13.4. The minimum absolute atomic E-state index is 0.167. The number of nitrogens with zero attached hydrogens (tertiary/aromatic N) is 1. The predicted octanol–water partition coefficient (Wildman–Crippen LogP) is 2.84. The highest BCUT2D eigenvalue weighted by Crippen LogP contribution is 2.15. The first kappa shape index (κ1) is 11.1. The molecule has 1 fully saturated rings. The first-order valence-electron chi connectivity index (χ1n) is 5.83. The van der Waals surface area contributed by atoms with Crippen molar-refractivity contribution in [2.75, 3.05) is 13.1 Å². The second kappa shape index (κ2) is 5.10. The van der Waals surface area contributed by atoms with E-state index >= 15 is 0 Å². The van der Waals surface area contributed by atoms with Crippen LogP contribution in [0.3, 0.4) is 0 Å². The lowest BCUT2D eigenvalue weighted by atomic mass is 10.2. The number of carbonyl (C=O) groups is 1. The summed E-state index contributed by atoms with van der Waals surface area (Å²) in [6.07, 6.45) is 4.39. The Hall–Kier alpha value is -1.38. The van der Waals surface area contributed by atoms with E-state index in [2.05, 4.69) is 0 Å². The van der Waals surface area contributed by atoms with Gasteiger partial charge in [0, 0.05) is 13.1 Å². The van der Waals surface area contributed by atoms with Crippen molar-refractivity contribution in [3.63, 3.8) is 0 Å². The van der Waals surface area contributed by atoms with E-state index < -0.39 is 5.82 Å². The van der Waals surface area contributed by atoms with Gasteiger partial charge in [0.1, 0.15) is 5.82 Å². The second-order valence-corrected chi connectivity index (χ2v) is 4.19. The Labute approximate surface area is 95.1 Å². The summed E-state index contributed by atoms with van der Waals surface area (Å²) < 4.78 is 13.4. The third-order valence-electron chi connectivity index (χ3n) is 3.00. The van der Waals surface area contributed by atoms with Crippen LogP contribution in [-0.2, 0) is 0 Å². The lowest BCUT2D eigenvalue weighted by molar-refractivity contribution is 0.0757. The summed E-state index contributed by atoms with van der Waals surface area (Å²) in [6.45, 7) is 1.51. The Bertz CT molecular complexity index is 370. The van der Waals surface area contributed by atoms with Crippen molar-refractivity contribution in [2.45, 2.75) is 25.7 Å². The van der Waals surface area contributed by atoms with Gasteiger partial charge in [-0.1, -0.05) is 25.0 Å². The minimum atomic E-state index is -0.420. The Morgan fingerprint density at radius 3 is 2.31 bits per heavy atom. The molecule has 2 nitrogen and oxygen atoms in total. The normalized spacial score (nSPS) is 16.9. The van der Waals surface area contributed by atoms with Gasteiger partial charge in [-0.3, -0.25) is 4.79 Å². The zero-order chi connectivity index (χ0) is 11.4. The molecule has 1 aliphatic heterocycles. The fourth-order valence-electron chi connectivity index (χ4n) is 2.08. The lowest BCUT2D eigenvalue weighted by Crippen LogP contribution is -2.32. The van der Waals surface area contributed by atoms with Crippen molar-refractivity contribution in [3.8, 4) is 0 Å². The number of hydrogen-bond acceptors (Lipinski definition) is 1. The predicted molar refractivity (Wildman–Crippen MR) is 60.8 cm³/mol. The summed E-state index contributed by atoms with van der Waals surface area (Å²) in [4.78, 5) is 13.8. The standard InChI is InChI=1S/C13H16FNO/c14-12-8-4-3-7-11(12)13(16)15-9-5-1-2-6-10-15/h3-4,7-8H,1-2,5-6,9-10H2. The number of hydrogen-bond donors (Lipinski definition) is 0. The van der Waals surface area contributed by atoms with Crippen LogP contribution in [-0.4, -0.2) is 23.9 Å². The third-order valence-corrected chi connectivity index (χ3v) is 3.00. The van der Waals surface area contributed by atoms with Gasteiger partial charge in [-0.2, -0.15) is 0 Å². The Morgan fingerprint density at radius 1 is 1.06 bits per heavy atom. The van der Waals surface area contributed by atoms with Crippen LogP contribution in [0.1, 0.15) is 36.0 Å². The first-order chi connectivity index (χ1) is 7.79. The van der Waals surface area contributed by atoms with Crippen molar-refractivity contribution < 1.29 is 9.18 Å². The average molecular weight is 221 g/mol. The van der Waals surface area contributed by atoms with Crippen molar-refractivity contribution in [2.24, 2.45) is 0 Å². The number of rotatable bonds is 1. The monoisotopic (exact) mass is 221 g/mol. The summed E-state index contributed by atoms with van der Waals surface area (Å²) in [7, 11) is 0. The molecule has 0 bridgehead atoms. The van der Waals surface area contributed by atoms with E-state index in [1.807, 2.05) is 0 Å². The van der Waals surface area contributed by atoms with Crippen LogP contribution < -0.4 is 0 Å². The molecule has 0 N–H and O–H groups in total. The maximum absolute atomic E-state index is 13.4. The number of amides is 1. The van der Waals surface area contributed by atoms with Crippen LogP contribution >= 0.6 is 0 Å². The van der Waals surface area contributed by atoms with Gasteiger partial charge in [-0.15, -0.1) is 0 Å². The van der Waals surface area contributed by atoms with E-state index in [0.717, 1.165) is 25.9 Å². The third kappa shape index (κ3) is 2.40. The van der Waals surface area contributed by atoms with E-state index in [4.69, 9.17) is 0 Å². The topological polar surface area (TPSA) is 20.3 Å². The van der Waals surface area contributed by atoms with Gasteiger partial charge in [0.25, 0.3) is 5.91 Å². The SMILES string of the molecule is O=C(c1ccccc1F)N1CCCCCC1. The Kier molecular flexibility index (Phi) is 3.54. The molecule has 0 aliphatic carbocycles. The second-order valence-electron chi connectivity index (χ2n) is 4.19. The molecule has 1 aliphatic rings. The first-order valence-corrected chi connectivity index (χ1v) is 5.83. The van der Waals surface area contributed by atoms with Gasteiger partial charge < -0.3 is 4.90 Å². The summed E-state index contributed by atoms with van der Waals surface area (Å²) in [5.41, 5.74) is 0.199. The van der Waals surface area contributed by atoms with Crippen LogP contribution in [0, 0.1) is 5.82 Å². The molecule has 1 amide bonds. The Balaban J connectivity index is 2.14. The van der Waals surface area contributed by atoms with Crippen LogP contribution in [0.15, 0.2) is 24.3 Å². The van der Waals surface area contributed by atoms with Gasteiger partial charge >= 0.3 is 0 Å². The molecule has 16 heavy (non-hydrogen) atoms. The summed E-state index contributed by atoms with van der Waals surface area (Å²) in [5.74, 6) is -0.586. The Morgan fingerprint density at radius 2 is 1.69 bits per heavy atom. The number of carbonyl (C=O) groups excluding carboxylic acids is 1. The van der Waals surface area contributed by atoms with Gasteiger partial charge in [-0.25, -0.2) is 4.39 Å². The lowest BCUT2D eigenvalue weighted by Gasteiger charge is -2.20. The van der Waals surface area contributed by atoms with Crippen molar-refractivity contribution >= 4 is 5.91 Å². The van der Waals surface area contributed by atoms with Crippen LogP contribution in [0.2, 0.25) is 0 Å². The molecule has 3 heteroatoms. The number of benzene rings is 1. The molecule has 0 aromatic heterocycles. The smallest absolute Gasteiger partial charge is 0.256 e. The highest BCUT2D eigenvalue weighted by atomic mass is 19.1. The highest BCUT2D eigenvalue weighted by Gasteiger charge is 2.19. The van der Waals surface area contributed by atoms with Gasteiger partial charge in [-0.05, 0) is 25.0 Å². The van der Waals surface area contributed by atoms with Crippen LogP contribution in [0.4, 0.5) is 4.39 Å². The van der Waals surface area contributed by atoms with E-state index in [1.165, 1.54) is 18.9 Å². The molecule has 1 aromatic rings. The molecular weight excluding hydrogens is 205 g/mol. The molecule has 0 radical (unpaired) electrons. The van der Waals surface area contributed by atoms with E-state index in [1.54, 1.807) is 23.1 Å². The fourth-order valence-corrected chi connectivity index (χ4v) is 2.08. The molecule has 0 unspecified atom stereocenters. The molecule has 1 aromatic carbocycles. The van der Waals surface area contributed by atoms with Crippen LogP contribution in [0.25, 0.3) is 0 Å². The zero-order valence-corrected chi connectivity index (χ0v) is 9.29. The van der Waals surface area contributed by atoms with E-state index in [-0.39, 0.29) is 11.5 Å². The fraction of sp³-hybridized carbons (Fsp3) is 0.462. The maximum Gasteiger partial charge on any atom is 0.256 e. The molecule has 2 rings (SSSR count). The summed E-state index contributed by atoms with van der Waals surface area (Å²) in [6, 6.07) is 6.20. The van der Waals surface area contributed by atoms with E-state index in [0.29, 0.717) is 0 Å². The van der Waals surface area contributed by atoms with Crippen molar-refractivity contribution in [1.29, 1.82) is 0 Å². The molecule has 0 saturated carbocycles. The van der Waals surface area contributed by atoms with Crippen molar-refractivity contribution in [3.05, 3.63) is 35.6 Å². The summed E-state index contributed by atoms with van der Waals surface area (Å²) in [5, 5.41) is 0. The highest BCUT2D eigenvalue weighted by molar-refractivity contribution is 5.94. The quantitative estimate of drug-likeness (QED) is 0.714.